The molecule has 0 amide bonds. The molecular formula is C16H16N2O2S. The molecule has 0 saturated heterocycles. The molecule has 0 aliphatic heterocycles. The highest BCUT2D eigenvalue weighted by atomic mass is 32.2. The molecule has 2 aromatic rings. The van der Waals surface area contributed by atoms with E-state index in [0.717, 1.165) is 5.56 Å². The molecule has 21 heavy (non-hydrogen) atoms. The minimum Gasteiger partial charge on any atom is -0.280 e. The van der Waals surface area contributed by atoms with E-state index in [0.29, 0.717) is 17.2 Å². The Morgan fingerprint density at radius 2 is 1.76 bits per heavy atom. The number of nitriles is 1. The van der Waals surface area contributed by atoms with Crippen molar-refractivity contribution in [2.24, 2.45) is 0 Å². The second-order valence-corrected chi connectivity index (χ2v) is 6.70. The van der Waals surface area contributed by atoms with Gasteiger partial charge in [-0.25, -0.2) is 8.42 Å². The second kappa shape index (κ2) is 5.98. The molecule has 0 spiro atoms. The average molecular weight is 300 g/mol. The highest BCUT2D eigenvalue weighted by Crippen LogP contribution is 2.21. The molecule has 5 heteroatoms. The predicted molar refractivity (Wildman–Crippen MR) is 82.5 cm³/mol. The maximum atomic E-state index is 12.3. The number of anilines is 1. The third kappa shape index (κ3) is 3.61. The number of nitrogens with zero attached hydrogens (tertiary/aromatic N) is 1. The maximum absolute atomic E-state index is 12.3. The van der Waals surface area contributed by atoms with Gasteiger partial charge in [-0.3, -0.25) is 4.72 Å². The first-order valence-electron chi connectivity index (χ1n) is 6.55. The highest BCUT2D eigenvalue weighted by molar-refractivity contribution is 7.92. The molecule has 0 bridgehead atoms. The Hall–Kier alpha value is -2.32. The fourth-order valence-electron chi connectivity index (χ4n) is 1.88. The lowest BCUT2D eigenvalue weighted by atomic mass is 10.0. The van der Waals surface area contributed by atoms with E-state index in [1.807, 2.05) is 38.1 Å². The molecule has 2 aromatic carbocycles. The van der Waals surface area contributed by atoms with Crippen LogP contribution in [-0.2, 0) is 10.0 Å². The van der Waals surface area contributed by atoms with E-state index in [2.05, 4.69) is 4.72 Å². The van der Waals surface area contributed by atoms with Crippen LogP contribution in [0.4, 0.5) is 5.69 Å². The van der Waals surface area contributed by atoms with E-state index in [1.54, 1.807) is 6.07 Å². The number of benzene rings is 2. The lowest BCUT2D eigenvalue weighted by Crippen LogP contribution is -2.13. The predicted octanol–water partition coefficient (Wildman–Crippen LogP) is 3.48. The van der Waals surface area contributed by atoms with Gasteiger partial charge in [0.15, 0.2) is 0 Å². The summed E-state index contributed by atoms with van der Waals surface area (Å²) < 4.78 is 27.1. The van der Waals surface area contributed by atoms with Crippen molar-refractivity contribution >= 4 is 15.7 Å². The Labute approximate surface area is 125 Å². The molecule has 0 aliphatic carbocycles. The monoisotopic (exact) mass is 300 g/mol. The van der Waals surface area contributed by atoms with Gasteiger partial charge >= 0.3 is 0 Å². The summed E-state index contributed by atoms with van der Waals surface area (Å²) in [6.07, 6.45) is 0. The Bertz CT molecular complexity index is 773. The van der Waals surface area contributed by atoms with Crippen molar-refractivity contribution < 1.29 is 8.42 Å². The highest BCUT2D eigenvalue weighted by Gasteiger charge is 2.14. The topological polar surface area (TPSA) is 70.0 Å². The largest absolute Gasteiger partial charge is 0.280 e. The van der Waals surface area contributed by atoms with Crippen molar-refractivity contribution in [3.8, 4) is 6.07 Å². The molecule has 2 rings (SSSR count). The number of nitrogens with one attached hydrogen (secondary N) is 1. The molecular weight excluding hydrogens is 284 g/mol. The zero-order valence-corrected chi connectivity index (χ0v) is 12.7. The summed E-state index contributed by atoms with van der Waals surface area (Å²) >= 11 is 0. The van der Waals surface area contributed by atoms with Crippen LogP contribution in [0.3, 0.4) is 0 Å². The van der Waals surface area contributed by atoms with Crippen LogP contribution in [0.25, 0.3) is 0 Å². The van der Waals surface area contributed by atoms with Gasteiger partial charge in [-0.05, 0) is 47.9 Å². The molecule has 4 nitrogen and oxygen atoms in total. The van der Waals surface area contributed by atoms with Gasteiger partial charge in [0.2, 0.25) is 0 Å². The van der Waals surface area contributed by atoms with E-state index in [4.69, 9.17) is 5.26 Å². The number of hydrogen-bond donors (Lipinski definition) is 1. The molecule has 0 atom stereocenters. The van der Waals surface area contributed by atoms with Crippen LogP contribution in [0.15, 0.2) is 53.4 Å². The minimum atomic E-state index is -3.64. The quantitative estimate of drug-likeness (QED) is 0.939. The molecule has 0 unspecified atom stereocenters. The third-order valence-electron chi connectivity index (χ3n) is 3.10. The van der Waals surface area contributed by atoms with Crippen LogP contribution in [0.2, 0.25) is 0 Å². The SMILES string of the molecule is CC(C)c1cccc(NS(=O)(=O)c2ccc(C#N)cc2)c1. The zero-order valence-electron chi connectivity index (χ0n) is 11.9. The van der Waals surface area contributed by atoms with Crippen molar-refractivity contribution in [1.29, 1.82) is 5.26 Å². The fourth-order valence-corrected chi connectivity index (χ4v) is 2.93. The molecule has 1 N–H and O–H groups in total. The van der Waals surface area contributed by atoms with Crippen molar-refractivity contribution in [2.75, 3.05) is 4.72 Å². The van der Waals surface area contributed by atoms with Crippen molar-refractivity contribution in [3.05, 3.63) is 59.7 Å². The maximum Gasteiger partial charge on any atom is 0.261 e. The van der Waals surface area contributed by atoms with Crippen LogP contribution in [0.5, 0.6) is 0 Å². The summed E-state index contributed by atoms with van der Waals surface area (Å²) in [6.45, 7) is 4.10. The second-order valence-electron chi connectivity index (χ2n) is 5.02. The summed E-state index contributed by atoms with van der Waals surface area (Å²) in [5.74, 6) is 0.323. The van der Waals surface area contributed by atoms with Crippen LogP contribution < -0.4 is 4.72 Å². The van der Waals surface area contributed by atoms with E-state index >= 15 is 0 Å². The average Bonchev–Trinajstić information content (AvgIpc) is 2.47. The van der Waals surface area contributed by atoms with Crippen LogP contribution in [0.1, 0.15) is 30.9 Å². The molecule has 0 saturated carbocycles. The van der Waals surface area contributed by atoms with Crippen LogP contribution in [0, 0.1) is 11.3 Å². The molecule has 0 radical (unpaired) electrons. The van der Waals surface area contributed by atoms with Gasteiger partial charge in [0.25, 0.3) is 10.0 Å². The summed E-state index contributed by atoms with van der Waals surface area (Å²) in [7, 11) is -3.64. The third-order valence-corrected chi connectivity index (χ3v) is 4.50. The standard InChI is InChI=1S/C16H16N2O2S/c1-12(2)14-4-3-5-15(10-14)18-21(19,20)16-8-6-13(11-17)7-9-16/h3-10,12,18H,1-2H3. The Morgan fingerprint density at radius 1 is 1.10 bits per heavy atom. The van der Waals surface area contributed by atoms with Gasteiger partial charge in [-0.2, -0.15) is 5.26 Å². The van der Waals surface area contributed by atoms with E-state index in [-0.39, 0.29) is 4.90 Å². The molecule has 0 aromatic heterocycles. The smallest absolute Gasteiger partial charge is 0.261 e. The summed E-state index contributed by atoms with van der Waals surface area (Å²) in [5, 5.41) is 8.73. The normalized spacial score (nSPS) is 11.1. The van der Waals surface area contributed by atoms with Crippen molar-refractivity contribution in [2.45, 2.75) is 24.7 Å². The first kappa shape index (κ1) is 15.1. The minimum absolute atomic E-state index is 0.136. The van der Waals surface area contributed by atoms with Gasteiger partial charge in [0.05, 0.1) is 16.5 Å². The Kier molecular flexibility index (Phi) is 4.29. The Morgan fingerprint density at radius 3 is 2.33 bits per heavy atom. The Balaban J connectivity index is 2.28. The number of rotatable bonds is 4. The van der Waals surface area contributed by atoms with Gasteiger partial charge in [-0.1, -0.05) is 26.0 Å². The van der Waals surface area contributed by atoms with E-state index < -0.39 is 10.0 Å². The van der Waals surface area contributed by atoms with E-state index in [1.165, 1.54) is 24.3 Å². The summed E-state index contributed by atoms with van der Waals surface area (Å²) in [5.41, 5.74) is 2.02. The van der Waals surface area contributed by atoms with Crippen LogP contribution >= 0.6 is 0 Å². The van der Waals surface area contributed by atoms with Gasteiger partial charge in [0, 0.05) is 5.69 Å². The molecule has 0 aliphatic rings. The van der Waals surface area contributed by atoms with Crippen LogP contribution in [-0.4, -0.2) is 8.42 Å². The summed E-state index contributed by atoms with van der Waals surface area (Å²) in [6, 6.07) is 15.1. The number of sulfonamides is 1. The lowest BCUT2D eigenvalue weighted by molar-refractivity contribution is 0.601. The van der Waals surface area contributed by atoms with E-state index in [9.17, 15) is 8.42 Å². The van der Waals surface area contributed by atoms with Gasteiger partial charge in [0.1, 0.15) is 0 Å². The first-order valence-corrected chi connectivity index (χ1v) is 8.03. The van der Waals surface area contributed by atoms with Crippen molar-refractivity contribution in [3.63, 3.8) is 0 Å². The van der Waals surface area contributed by atoms with Gasteiger partial charge in [-0.15, -0.1) is 0 Å². The first-order chi connectivity index (χ1) is 9.92. The molecule has 0 fully saturated rings. The lowest BCUT2D eigenvalue weighted by Gasteiger charge is -2.11. The zero-order chi connectivity index (χ0) is 15.5. The summed E-state index contributed by atoms with van der Waals surface area (Å²) in [4.78, 5) is 0.136. The van der Waals surface area contributed by atoms with Gasteiger partial charge < -0.3 is 0 Å². The fraction of sp³-hybridized carbons (Fsp3) is 0.188. The molecule has 108 valence electrons. The van der Waals surface area contributed by atoms with Crippen molar-refractivity contribution in [1.82, 2.24) is 0 Å². The number of hydrogen-bond acceptors (Lipinski definition) is 3. The molecule has 0 heterocycles.